The molecular weight excluding hydrogens is 420 g/mol. The number of benzene rings is 3. The summed E-state index contributed by atoms with van der Waals surface area (Å²) in [5.41, 5.74) is 6.39. The van der Waals surface area contributed by atoms with Gasteiger partial charge >= 0.3 is 0 Å². The highest BCUT2D eigenvalue weighted by molar-refractivity contribution is 5.55. The predicted molar refractivity (Wildman–Crippen MR) is 144 cm³/mol. The molecule has 0 heterocycles. The molecule has 3 aromatic carbocycles. The molecule has 4 N–H and O–H groups in total. The van der Waals surface area contributed by atoms with Crippen LogP contribution in [0, 0.1) is 0 Å². The van der Waals surface area contributed by atoms with Gasteiger partial charge in [-0.3, -0.25) is 0 Å². The van der Waals surface area contributed by atoms with E-state index in [1.807, 2.05) is 36.4 Å². The summed E-state index contributed by atoms with van der Waals surface area (Å²) >= 11 is 0. The van der Waals surface area contributed by atoms with Gasteiger partial charge in [-0.05, 0) is 83.3 Å². The van der Waals surface area contributed by atoms with Crippen molar-refractivity contribution in [3.05, 3.63) is 82.9 Å². The second kappa shape index (κ2) is 10.4. The Bertz CT molecular complexity index is 1010. The quantitative estimate of drug-likeness (QED) is 0.250. The van der Waals surface area contributed by atoms with E-state index in [4.69, 9.17) is 0 Å². The minimum absolute atomic E-state index is 0.0794. The maximum absolute atomic E-state index is 10.3. The van der Waals surface area contributed by atoms with E-state index in [2.05, 4.69) is 64.3 Å². The number of rotatable bonds is 10. The second-order valence-corrected chi connectivity index (χ2v) is 10.4. The molecule has 34 heavy (non-hydrogen) atoms. The summed E-state index contributed by atoms with van der Waals surface area (Å²) in [6.45, 7) is 14.4. The van der Waals surface area contributed by atoms with Crippen LogP contribution < -0.4 is 10.6 Å². The molecule has 0 saturated heterocycles. The lowest BCUT2D eigenvalue weighted by molar-refractivity contribution is 0.464. The topological polar surface area (TPSA) is 64.5 Å². The fourth-order valence-electron chi connectivity index (χ4n) is 3.80. The highest BCUT2D eigenvalue weighted by Gasteiger charge is 2.20. The van der Waals surface area contributed by atoms with Gasteiger partial charge in [-0.15, -0.1) is 0 Å². The number of hydrogen-bond acceptors (Lipinski definition) is 4. The van der Waals surface area contributed by atoms with Crippen molar-refractivity contribution >= 4 is 11.4 Å². The lowest BCUT2D eigenvalue weighted by Gasteiger charge is -2.24. The average molecular weight is 461 g/mol. The Morgan fingerprint density at radius 2 is 0.941 bits per heavy atom. The Balaban J connectivity index is 1.63. The molecule has 4 nitrogen and oxygen atoms in total. The van der Waals surface area contributed by atoms with Crippen LogP contribution in [-0.4, -0.2) is 10.2 Å². The molecule has 182 valence electrons. The van der Waals surface area contributed by atoms with Crippen LogP contribution in [0.5, 0.6) is 11.5 Å². The van der Waals surface area contributed by atoms with Gasteiger partial charge in [0.25, 0.3) is 0 Å². The van der Waals surface area contributed by atoms with Gasteiger partial charge in [0.1, 0.15) is 11.5 Å². The molecule has 4 heteroatoms. The minimum Gasteiger partial charge on any atom is -0.508 e. The van der Waals surface area contributed by atoms with Crippen molar-refractivity contribution in [2.24, 2.45) is 0 Å². The van der Waals surface area contributed by atoms with Crippen molar-refractivity contribution in [1.82, 2.24) is 0 Å². The van der Waals surface area contributed by atoms with Crippen LogP contribution in [0.4, 0.5) is 11.4 Å². The molecule has 0 spiro atoms. The third-order valence-corrected chi connectivity index (χ3v) is 7.34. The third-order valence-electron chi connectivity index (χ3n) is 7.34. The third kappa shape index (κ3) is 6.05. The van der Waals surface area contributed by atoms with Gasteiger partial charge in [0.15, 0.2) is 0 Å². The lowest BCUT2D eigenvalue weighted by atomic mass is 9.81. The maximum Gasteiger partial charge on any atom is 0.120 e. The molecule has 0 bridgehead atoms. The van der Waals surface area contributed by atoms with Crippen LogP contribution in [0.2, 0.25) is 0 Å². The summed E-state index contributed by atoms with van der Waals surface area (Å²) in [5, 5.41) is 27.4. The van der Waals surface area contributed by atoms with Crippen molar-refractivity contribution in [2.45, 2.75) is 78.3 Å². The van der Waals surface area contributed by atoms with E-state index >= 15 is 0 Å². The Morgan fingerprint density at radius 1 is 0.588 bits per heavy atom. The van der Waals surface area contributed by atoms with Gasteiger partial charge in [-0.25, -0.2) is 0 Å². The standard InChI is InChI=1S/C30H40N2O2/c1-7-29(3,4)23-9-15-27(33)21(17-23)19-31-25-11-13-26(14-12-25)32-20-22-18-24(10-16-28(22)34)30(5,6)8-2/h9-18,31-34H,7-8,19-20H2,1-6H3. The summed E-state index contributed by atoms with van der Waals surface area (Å²) in [6.07, 6.45) is 2.08. The van der Waals surface area contributed by atoms with Crippen molar-refractivity contribution in [3.63, 3.8) is 0 Å². The van der Waals surface area contributed by atoms with Gasteiger partial charge < -0.3 is 20.8 Å². The number of phenolic OH excluding ortho intramolecular Hbond substituents is 2. The first-order chi connectivity index (χ1) is 16.1. The monoisotopic (exact) mass is 460 g/mol. The number of hydrogen-bond donors (Lipinski definition) is 4. The highest BCUT2D eigenvalue weighted by atomic mass is 16.3. The first-order valence-corrected chi connectivity index (χ1v) is 12.3. The van der Waals surface area contributed by atoms with Gasteiger partial charge in [-0.2, -0.15) is 0 Å². The van der Waals surface area contributed by atoms with Crippen LogP contribution in [0.25, 0.3) is 0 Å². The molecule has 0 aliphatic rings. The predicted octanol–water partition coefficient (Wildman–Crippen LogP) is 7.70. The zero-order chi connectivity index (χ0) is 24.9. The Kier molecular flexibility index (Phi) is 7.81. The molecule has 0 radical (unpaired) electrons. The van der Waals surface area contributed by atoms with Gasteiger partial charge in [0, 0.05) is 35.6 Å². The van der Waals surface area contributed by atoms with Crippen LogP contribution >= 0.6 is 0 Å². The van der Waals surface area contributed by atoms with Crippen LogP contribution in [-0.2, 0) is 23.9 Å². The van der Waals surface area contributed by atoms with Gasteiger partial charge in [0.05, 0.1) is 0 Å². The summed E-state index contributed by atoms with van der Waals surface area (Å²) in [7, 11) is 0. The fourth-order valence-corrected chi connectivity index (χ4v) is 3.80. The van der Waals surface area contributed by atoms with Crippen molar-refractivity contribution in [1.29, 1.82) is 0 Å². The summed E-state index contributed by atoms with van der Waals surface area (Å²) in [4.78, 5) is 0. The zero-order valence-corrected chi connectivity index (χ0v) is 21.5. The molecule has 0 aromatic heterocycles. The minimum atomic E-state index is 0.0794. The lowest BCUT2D eigenvalue weighted by Crippen LogP contribution is -2.16. The molecule has 3 aromatic rings. The van der Waals surface area contributed by atoms with Crippen LogP contribution in [0.1, 0.15) is 76.6 Å². The number of aromatic hydroxyl groups is 2. The van der Waals surface area contributed by atoms with E-state index in [1.165, 1.54) is 11.1 Å². The van der Waals surface area contributed by atoms with E-state index in [1.54, 1.807) is 12.1 Å². The molecule has 0 saturated carbocycles. The Labute approximate surface area is 205 Å². The van der Waals surface area contributed by atoms with Crippen LogP contribution in [0.15, 0.2) is 60.7 Å². The van der Waals surface area contributed by atoms with Crippen LogP contribution in [0.3, 0.4) is 0 Å². The molecule has 0 aliphatic heterocycles. The van der Waals surface area contributed by atoms with Crippen molar-refractivity contribution in [3.8, 4) is 11.5 Å². The zero-order valence-electron chi connectivity index (χ0n) is 21.5. The molecule has 0 aliphatic carbocycles. The smallest absolute Gasteiger partial charge is 0.120 e. The van der Waals surface area contributed by atoms with E-state index < -0.39 is 0 Å². The Morgan fingerprint density at radius 3 is 1.26 bits per heavy atom. The van der Waals surface area contributed by atoms with Gasteiger partial charge in [-0.1, -0.05) is 53.7 Å². The SMILES string of the molecule is CCC(C)(C)c1ccc(O)c(CNc2ccc(NCc3cc(C(C)(C)CC)ccc3O)cc2)c1. The van der Waals surface area contributed by atoms with E-state index in [-0.39, 0.29) is 10.8 Å². The average Bonchev–Trinajstić information content (AvgIpc) is 2.83. The molecule has 0 amide bonds. The largest absolute Gasteiger partial charge is 0.508 e. The fraction of sp³-hybridized carbons (Fsp3) is 0.400. The van der Waals surface area contributed by atoms with E-state index in [9.17, 15) is 10.2 Å². The molecule has 0 atom stereocenters. The van der Waals surface area contributed by atoms with E-state index in [0.717, 1.165) is 35.3 Å². The van der Waals surface area contributed by atoms with E-state index in [0.29, 0.717) is 24.6 Å². The molecule has 3 rings (SSSR count). The second-order valence-electron chi connectivity index (χ2n) is 10.4. The number of phenols is 2. The molecule has 0 unspecified atom stereocenters. The van der Waals surface area contributed by atoms with Crippen molar-refractivity contribution in [2.75, 3.05) is 10.6 Å². The number of anilines is 2. The molecular formula is C30H40N2O2. The highest BCUT2D eigenvalue weighted by Crippen LogP contribution is 2.32. The normalized spacial score (nSPS) is 11.9. The van der Waals surface area contributed by atoms with Gasteiger partial charge in [0.2, 0.25) is 0 Å². The van der Waals surface area contributed by atoms with Crippen molar-refractivity contribution < 1.29 is 10.2 Å². The maximum atomic E-state index is 10.3. The summed E-state index contributed by atoms with van der Waals surface area (Å²) < 4.78 is 0. The summed E-state index contributed by atoms with van der Waals surface area (Å²) in [5.74, 6) is 0.629. The number of nitrogens with one attached hydrogen (secondary N) is 2. The Hall–Kier alpha value is -3.14. The summed E-state index contributed by atoms with van der Waals surface area (Å²) in [6, 6.07) is 19.9. The first kappa shape index (κ1) is 25.5. The first-order valence-electron chi connectivity index (χ1n) is 12.3. The molecule has 0 fully saturated rings.